The minimum absolute atomic E-state index is 0.526. The highest BCUT2D eigenvalue weighted by Gasteiger charge is 1.91. The van der Waals surface area contributed by atoms with E-state index in [4.69, 9.17) is 11.0 Å². The van der Waals surface area contributed by atoms with Crippen LogP contribution in [0, 0.1) is 11.3 Å². The van der Waals surface area contributed by atoms with Crippen LogP contribution in [-0.2, 0) is 0 Å². The molecule has 1 aromatic rings. The molecule has 1 rings (SSSR count). The van der Waals surface area contributed by atoms with Crippen LogP contribution in [0.5, 0.6) is 0 Å². The number of nitrogens with zero attached hydrogens (tertiary/aromatic N) is 2. The van der Waals surface area contributed by atoms with Crippen LogP contribution in [0.25, 0.3) is 6.08 Å². The predicted molar refractivity (Wildman–Crippen MR) is 41.2 cm³/mol. The predicted octanol–water partition coefficient (Wildman–Crippen LogP) is 1.26. The lowest BCUT2D eigenvalue weighted by Crippen LogP contribution is -1.77. The van der Waals surface area contributed by atoms with Gasteiger partial charge >= 0.3 is 0 Å². The van der Waals surface area contributed by atoms with Gasteiger partial charge in [-0.3, -0.25) is 0 Å². The second kappa shape index (κ2) is 2.99. The quantitative estimate of drug-likeness (QED) is 0.614. The van der Waals surface area contributed by atoms with Crippen molar-refractivity contribution in [2.75, 3.05) is 5.73 Å². The van der Waals surface area contributed by atoms with Gasteiger partial charge in [0.15, 0.2) is 5.13 Å². The van der Waals surface area contributed by atoms with Crippen molar-refractivity contribution in [1.29, 1.82) is 5.26 Å². The van der Waals surface area contributed by atoms with E-state index in [1.54, 1.807) is 12.3 Å². The lowest BCUT2D eigenvalue weighted by molar-refractivity contribution is 1.42. The number of hydrogen-bond donors (Lipinski definition) is 1. The first-order valence-electron chi connectivity index (χ1n) is 2.60. The lowest BCUT2D eigenvalue weighted by atomic mass is 10.5. The van der Waals surface area contributed by atoms with Crippen molar-refractivity contribution in [2.45, 2.75) is 0 Å². The maximum absolute atomic E-state index is 8.15. The minimum atomic E-state index is 0.526. The molecular weight excluding hydrogens is 146 g/mol. The molecule has 0 aliphatic carbocycles. The molecule has 4 heteroatoms. The van der Waals surface area contributed by atoms with E-state index >= 15 is 0 Å². The van der Waals surface area contributed by atoms with Gasteiger partial charge in [-0.2, -0.15) is 5.26 Å². The molecule has 0 saturated heterocycles. The summed E-state index contributed by atoms with van der Waals surface area (Å²) in [5.74, 6) is 0. The van der Waals surface area contributed by atoms with E-state index in [1.807, 2.05) is 6.07 Å². The Bertz CT molecular complexity index is 281. The van der Waals surface area contributed by atoms with E-state index in [0.29, 0.717) is 5.13 Å². The van der Waals surface area contributed by atoms with Gasteiger partial charge in [0.25, 0.3) is 0 Å². The summed E-state index contributed by atoms with van der Waals surface area (Å²) in [6, 6.07) is 1.88. The van der Waals surface area contributed by atoms with Crippen molar-refractivity contribution in [3.63, 3.8) is 0 Å². The average molecular weight is 151 g/mol. The second-order valence-electron chi connectivity index (χ2n) is 1.56. The average Bonchev–Trinajstić information content (AvgIpc) is 2.31. The number of nitrogen functional groups attached to an aromatic ring is 1. The standard InChI is InChI=1S/C6H5N3S/c7-3-1-2-5-4-9-6(8)10-5/h1-2,4H,(H2,8,9). The Kier molecular flexibility index (Phi) is 2.03. The summed E-state index contributed by atoms with van der Waals surface area (Å²) in [6.45, 7) is 0. The van der Waals surface area contributed by atoms with Crippen molar-refractivity contribution < 1.29 is 0 Å². The molecule has 0 saturated carbocycles. The summed E-state index contributed by atoms with van der Waals surface area (Å²) in [5.41, 5.74) is 5.34. The van der Waals surface area contributed by atoms with Gasteiger partial charge in [0.1, 0.15) is 0 Å². The highest BCUT2D eigenvalue weighted by atomic mass is 32.1. The second-order valence-corrected chi connectivity index (χ2v) is 2.66. The number of aromatic nitrogens is 1. The number of thiazole rings is 1. The van der Waals surface area contributed by atoms with Crippen LogP contribution in [0.15, 0.2) is 12.3 Å². The molecule has 10 heavy (non-hydrogen) atoms. The van der Waals surface area contributed by atoms with Crippen LogP contribution >= 0.6 is 11.3 Å². The Morgan fingerprint density at radius 1 is 1.80 bits per heavy atom. The van der Waals surface area contributed by atoms with Crippen LogP contribution < -0.4 is 5.73 Å². The number of anilines is 1. The number of nitrogens with two attached hydrogens (primary N) is 1. The molecule has 1 aromatic heterocycles. The Morgan fingerprint density at radius 2 is 2.60 bits per heavy atom. The number of rotatable bonds is 1. The van der Waals surface area contributed by atoms with E-state index in [-0.39, 0.29) is 0 Å². The van der Waals surface area contributed by atoms with Crippen molar-refractivity contribution >= 4 is 22.5 Å². The summed E-state index contributed by atoms with van der Waals surface area (Å²) in [6.07, 6.45) is 4.70. The minimum Gasteiger partial charge on any atom is -0.375 e. The maximum Gasteiger partial charge on any atom is 0.180 e. The summed E-state index contributed by atoms with van der Waals surface area (Å²) >= 11 is 1.36. The topological polar surface area (TPSA) is 62.7 Å². The zero-order chi connectivity index (χ0) is 7.40. The molecule has 0 atom stereocenters. The highest BCUT2D eigenvalue weighted by molar-refractivity contribution is 7.16. The largest absolute Gasteiger partial charge is 0.375 e. The molecule has 50 valence electrons. The maximum atomic E-state index is 8.15. The molecule has 0 bridgehead atoms. The number of allylic oxidation sites excluding steroid dienone is 1. The van der Waals surface area contributed by atoms with Gasteiger partial charge in [0.2, 0.25) is 0 Å². The molecule has 0 fully saturated rings. The molecule has 3 nitrogen and oxygen atoms in total. The zero-order valence-electron chi connectivity index (χ0n) is 5.11. The van der Waals surface area contributed by atoms with E-state index in [1.165, 1.54) is 17.4 Å². The van der Waals surface area contributed by atoms with Gasteiger partial charge in [-0.1, -0.05) is 11.3 Å². The normalized spacial score (nSPS) is 9.90. The van der Waals surface area contributed by atoms with Gasteiger partial charge in [-0.25, -0.2) is 4.98 Å². The molecule has 0 unspecified atom stereocenters. The summed E-state index contributed by atoms with van der Waals surface area (Å²) < 4.78 is 0. The van der Waals surface area contributed by atoms with Crippen LogP contribution in [-0.4, -0.2) is 4.98 Å². The fraction of sp³-hybridized carbons (Fsp3) is 0. The fourth-order valence-electron chi connectivity index (χ4n) is 0.497. The first-order valence-corrected chi connectivity index (χ1v) is 3.42. The van der Waals surface area contributed by atoms with E-state index in [0.717, 1.165) is 4.88 Å². The third-order valence-corrected chi connectivity index (χ3v) is 1.66. The van der Waals surface area contributed by atoms with Gasteiger partial charge < -0.3 is 5.73 Å². The first kappa shape index (κ1) is 6.78. The van der Waals surface area contributed by atoms with E-state index in [2.05, 4.69) is 4.98 Å². The Hall–Kier alpha value is -1.34. The molecule has 0 amide bonds. The molecule has 0 spiro atoms. The smallest absolute Gasteiger partial charge is 0.180 e. The van der Waals surface area contributed by atoms with Gasteiger partial charge in [0.05, 0.1) is 6.07 Å². The zero-order valence-corrected chi connectivity index (χ0v) is 5.93. The van der Waals surface area contributed by atoms with Gasteiger partial charge in [-0.05, 0) is 6.08 Å². The van der Waals surface area contributed by atoms with Crippen molar-refractivity contribution in [2.24, 2.45) is 0 Å². The van der Waals surface area contributed by atoms with E-state index in [9.17, 15) is 0 Å². The van der Waals surface area contributed by atoms with Crippen LogP contribution in [0.1, 0.15) is 4.88 Å². The molecule has 0 aromatic carbocycles. The third-order valence-electron chi connectivity index (χ3n) is 0.864. The molecule has 0 aliphatic heterocycles. The van der Waals surface area contributed by atoms with Gasteiger partial charge in [0, 0.05) is 17.2 Å². The van der Waals surface area contributed by atoms with E-state index < -0.39 is 0 Å². The van der Waals surface area contributed by atoms with Crippen molar-refractivity contribution in [3.8, 4) is 6.07 Å². The molecular formula is C6H5N3S. The molecule has 2 N–H and O–H groups in total. The van der Waals surface area contributed by atoms with Crippen LogP contribution in [0.4, 0.5) is 5.13 Å². The first-order chi connectivity index (χ1) is 4.83. The lowest BCUT2D eigenvalue weighted by Gasteiger charge is -1.74. The summed E-state index contributed by atoms with van der Waals surface area (Å²) in [5, 5.41) is 8.68. The Morgan fingerprint density at radius 3 is 3.10 bits per heavy atom. The summed E-state index contributed by atoms with van der Waals surface area (Å²) in [4.78, 5) is 4.71. The molecule has 0 aliphatic rings. The summed E-state index contributed by atoms with van der Waals surface area (Å²) in [7, 11) is 0. The Labute approximate surface area is 62.4 Å². The van der Waals surface area contributed by atoms with Crippen LogP contribution in [0.2, 0.25) is 0 Å². The third kappa shape index (κ3) is 1.57. The van der Waals surface area contributed by atoms with Crippen molar-refractivity contribution in [3.05, 3.63) is 17.2 Å². The highest BCUT2D eigenvalue weighted by Crippen LogP contribution is 2.15. The number of nitriles is 1. The van der Waals surface area contributed by atoms with Crippen molar-refractivity contribution in [1.82, 2.24) is 4.98 Å². The monoisotopic (exact) mass is 151 g/mol. The molecule has 1 heterocycles. The van der Waals surface area contributed by atoms with Crippen LogP contribution in [0.3, 0.4) is 0 Å². The fourth-order valence-corrected chi connectivity index (χ4v) is 1.09. The SMILES string of the molecule is N#CC=Cc1cnc(N)s1. The number of hydrogen-bond acceptors (Lipinski definition) is 4. The Balaban J connectivity index is 2.78. The molecule has 0 radical (unpaired) electrons. The van der Waals surface area contributed by atoms with Gasteiger partial charge in [-0.15, -0.1) is 0 Å².